The van der Waals surface area contributed by atoms with Crippen molar-refractivity contribution in [1.29, 1.82) is 0 Å². The number of hydrogen-bond donors (Lipinski definition) is 2. The van der Waals surface area contributed by atoms with Crippen LogP contribution in [0.3, 0.4) is 0 Å². The number of thiazole rings is 1. The molecule has 3 aromatic rings. The van der Waals surface area contributed by atoms with Crippen LogP contribution in [-0.4, -0.2) is 19.1 Å². The van der Waals surface area contributed by atoms with E-state index >= 15 is 0 Å². The minimum absolute atomic E-state index is 0.739. The molecule has 3 rings (SSSR count). The molecule has 0 aliphatic rings. The van der Waals surface area contributed by atoms with Crippen LogP contribution in [0.1, 0.15) is 5.01 Å². The molecule has 3 N–H and O–H groups in total. The maximum Gasteiger partial charge on any atom is 0.0907 e. The predicted octanol–water partition coefficient (Wildman–Crippen LogP) is 4.00. The number of anilines is 4. The highest BCUT2D eigenvalue weighted by atomic mass is 32.1. The molecule has 4 nitrogen and oxygen atoms in total. The maximum atomic E-state index is 6.13. The lowest BCUT2D eigenvalue weighted by Crippen LogP contribution is -2.08. The van der Waals surface area contributed by atoms with E-state index in [9.17, 15) is 0 Å². The van der Waals surface area contributed by atoms with Gasteiger partial charge in [-0.2, -0.15) is 0 Å². The Balaban J connectivity index is 1.91. The quantitative estimate of drug-likeness (QED) is 0.718. The highest BCUT2D eigenvalue weighted by Crippen LogP contribution is 2.31. The second kappa shape index (κ2) is 5.26. The number of fused-ring (bicyclic) bond motifs is 1. The number of nitrogens with two attached hydrogens (primary N) is 1. The van der Waals surface area contributed by atoms with E-state index in [0.29, 0.717) is 0 Å². The summed E-state index contributed by atoms with van der Waals surface area (Å²) in [5, 5.41) is 4.41. The van der Waals surface area contributed by atoms with Crippen LogP contribution in [0.15, 0.2) is 36.4 Å². The number of nitrogens with one attached hydrogen (secondary N) is 1. The van der Waals surface area contributed by atoms with Crippen LogP contribution < -0.4 is 16.0 Å². The monoisotopic (exact) mass is 298 g/mol. The van der Waals surface area contributed by atoms with E-state index in [4.69, 9.17) is 5.73 Å². The van der Waals surface area contributed by atoms with Crippen molar-refractivity contribution in [3.8, 4) is 0 Å². The molecule has 0 saturated carbocycles. The third-order valence-corrected chi connectivity index (χ3v) is 4.26. The van der Waals surface area contributed by atoms with E-state index in [1.165, 1.54) is 5.69 Å². The Hall–Kier alpha value is -2.27. The molecular formula is C16H18N4S. The number of nitrogen functional groups attached to an aromatic ring is 1. The topological polar surface area (TPSA) is 54.2 Å². The van der Waals surface area contributed by atoms with Crippen molar-refractivity contribution < 1.29 is 0 Å². The van der Waals surface area contributed by atoms with E-state index in [0.717, 1.165) is 32.3 Å². The van der Waals surface area contributed by atoms with Crippen molar-refractivity contribution in [3.05, 3.63) is 41.4 Å². The Morgan fingerprint density at radius 1 is 1.14 bits per heavy atom. The normalized spacial score (nSPS) is 10.8. The molecule has 0 radical (unpaired) electrons. The largest absolute Gasteiger partial charge is 0.397 e. The van der Waals surface area contributed by atoms with Crippen LogP contribution in [0.5, 0.6) is 0 Å². The molecule has 0 bridgehead atoms. The van der Waals surface area contributed by atoms with Gasteiger partial charge in [0, 0.05) is 25.5 Å². The number of aryl methyl sites for hydroxylation is 1. The highest BCUT2D eigenvalue weighted by molar-refractivity contribution is 7.18. The van der Waals surface area contributed by atoms with Gasteiger partial charge in [0.05, 0.1) is 26.6 Å². The fraction of sp³-hybridized carbons (Fsp3) is 0.188. The van der Waals surface area contributed by atoms with E-state index in [1.807, 2.05) is 45.3 Å². The third kappa shape index (κ3) is 2.78. The van der Waals surface area contributed by atoms with Crippen molar-refractivity contribution in [2.75, 3.05) is 30.0 Å². The Kier molecular flexibility index (Phi) is 3.43. The summed E-state index contributed by atoms with van der Waals surface area (Å²) < 4.78 is 1.12. The first-order valence-corrected chi connectivity index (χ1v) is 7.55. The van der Waals surface area contributed by atoms with Crippen LogP contribution in [0.25, 0.3) is 10.2 Å². The number of aromatic nitrogens is 1. The van der Waals surface area contributed by atoms with Gasteiger partial charge in [-0.3, -0.25) is 0 Å². The van der Waals surface area contributed by atoms with Crippen LogP contribution in [-0.2, 0) is 0 Å². The van der Waals surface area contributed by atoms with E-state index in [-0.39, 0.29) is 0 Å². The van der Waals surface area contributed by atoms with E-state index in [2.05, 4.69) is 27.3 Å². The number of rotatable bonds is 3. The molecule has 108 valence electrons. The Bertz CT molecular complexity index is 775. The molecule has 0 unspecified atom stereocenters. The van der Waals surface area contributed by atoms with Gasteiger partial charge in [0.25, 0.3) is 0 Å². The van der Waals surface area contributed by atoms with E-state index in [1.54, 1.807) is 11.3 Å². The zero-order valence-corrected chi connectivity index (χ0v) is 13.2. The zero-order valence-electron chi connectivity index (χ0n) is 12.3. The first-order valence-electron chi connectivity index (χ1n) is 6.74. The van der Waals surface area contributed by atoms with Gasteiger partial charge in [0.2, 0.25) is 0 Å². The maximum absolute atomic E-state index is 6.13. The van der Waals surface area contributed by atoms with Gasteiger partial charge < -0.3 is 16.0 Å². The molecular weight excluding hydrogens is 280 g/mol. The highest BCUT2D eigenvalue weighted by Gasteiger charge is 2.07. The summed E-state index contributed by atoms with van der Waals surface area (Å²) in [5.41, 5.74) is 10.9. The summed E-state index contributed by atoms with van der Waals surface area (Å²) in [6, 6.07) is 12.2. The molecule has 5 heteroatoms. The summed E-state index contributed by atoms with van der Waals surface area (Å²) in [7, 11) is 4.05. The van der Waals surface area contributed by atoms with Crippen molar-refractivity contribution in [2.24, 2.45) is 0 Å². The molecule has 2 aromatic carbocycles. The second-order valence-electron chi connectivity index (χ2n) is 5.21. The van der Waals surface area contributed by atoms with Crippen molar-refractivity contribution >= 4 is 44.3 Å². The molecule has 1 aromatic heterocycles. The molecule has 0 aliphatic heterocycles. The summed E-state index contributed by atoms with van der Waals surface area (Å²) >= 11 is 1.66. The minimum atomic E-state index is 0.739. The van der Waals surface area contributed by atoms with Gasteiger partial charge in [-0.15, -0.1) is 11.3 Å². The first kappa shape index (κ1) is 13.7. The van der Waals surface area contributed by atoms with Gasteiger partial charge in [0.1, 0.15) is 0 Å². The summed E-state index contributed by atoms with van der Waals surface area (Å²) in [5.74, 6) is 0. The van der Waals surface area contributed by atoms with Crippen LogP contribution >= 0.6 is 11.3 Å². The first-order chi connectivity index (χ1) is 10.0. The van der Waals surface area contributed by atoms with Crippen LogP contribution in [0, 0.1) is 6.92 Å². The van der Waals surface area contributed by atoms with Crippen LogP contribution in [0.4, 0.5) is 22.7 Å². The smallest absolute Gasteiger partial charge is 0.0907 e. The average Bonchev–Trinajstić information content (AvgIpc) is 2.79. The zero-order chi connectivity index (χ0) is 15.0. The number of nitrogens with zero attached hydrogens (tertiary/aromatic N) is 2. The molecule has 0 spiro atoms. The standard InChI is InChI=1S/C16H18N4S/c1-10-18-15-9-14(13(17)8-16(15)21-10)19-11-4-6-12(7-5-11)20(2)3/h4-9,19H,17H2,1-3H3. The average molecular weight is 298 g/mol. The number of hydrogen-bond acceptors (Lipinski definition) is 5. The van der Waals surface area contributed by atoms with E-state index < -0.39 is 0 Å². The lowest BCUT2D eigenvalue weighted by molar-refractivity contribution is 1.13. The van der Waals surface area contributed by atoms with Gasteiger partial charge in [0.15, 0.2) is 0 Å². The molecule has 0 saturated heterocycles. The van der Waals surface area contributed by atoms with Gasteiger partial charge >= 0.3 is 0 Å². The summed E-state index contributed by atoms with van der Waals surface area (Å²) in [4.78, 5) is 6.58. The minimum Gasteiger partial charge on any atom is -0.397 e. The van der Waals surface area contributed by atoms with Gasteiger partial charge in [-0.25, -0.2) is 4.98 Å². The molecule has 0 aliphatic carbocycles. The Morgan fingerprint density at radius 2 is 1.86 bits per heavy atom. The summed E-state index contributed by atoms with van der Waals surface area (Å²) in [6.45, 7) is 2.01. The lowest BCUT2D eigenvalue weighted by atomic mass is 10.2. The van der Waals surface area contributed by atoms with Crippen molar-refractivity contribution in [1.82, 2.24) is 4.98 Å². The predicted molar refractivity (Wildman–Crippen MR) is 92.8 cm³/mol. The van der Waals surface area contributed by atoms with Gasteiger partial charge in [-0.05, 0) is 43.3 Å². The fourth-order valence-corrected chi connectivity index (χ4v) is 3.07. The third-order valence-electron chi connectivity index (χ3n) is 3.33. The molecule has 0 fully saturated rings. The van der Waals surface area contributed by atoms with Crippen molar-refractivity contribution in [2.45, 2.75) is 6.92 Å². The lowest BCUT2D eigenvalue weighted by Gasteiger charge is -2.14. The van der Waals surface area contributed by atoms with Crippen LogP contribution in [0.2, 0.25) is 0 Å². The summed E-state index contributed by atoms with van der Waals surface area (Å²) in [6.07, 6.45) is 0. The Labute approximate surface area is 128 Å². The molecule has 0 atom stereocenters. The Morgan fingerprint density at radius 3 is 2.52 bits per heavy atom. The van der Waals surface area contributed by atoms with Crippen molar-refractivity contribution in [3.63, 3.8) is 0 Å². The van der Waals surface area contributed by atoms with Gasteiger partial charge in [-0.1, -0.05) is 0 Å². The molecule has 1 heterocycles. The number of benzene rings is 2. The fourth-order valence-electron chi connectivity index (χ4n) is 2.21. The molecule has 21 heavy (non-hydrogen) atoms. The molecule has 0 amide bonds. The second-order valence-corrected chi connectivity index (χ2v) is 6.44. The SMILES string of the molecule is Cc1nc2cc(Nc3ccc(N(C)C)cc3)c(N)cc2s1.